The van der Waals surface area contributed by atoms with E-state index in [1.54, 1.807) is 18.3 Å². The molecule has 0 radical (unpaired) electrons. The maximum atomic E-state index is 14.0. The van der Waals surface area contributed by atoms with Crippen LogP contribution < -0.4 is 0 Å². The molecular weight excluding hydrogens is 239 g/mol. The van der Waals surface area contributed by atoms with E-state index in [9.17, 15) is 4.39 Å². The molecule has 92 valence electrons. The second kappa shape index (κ2) is 4.58. The van der Waals surface area contributed by atoms with Crippen LogP contribution in [0.15, 0.2) is 48.7 Å². The molecule has 0 saturated carbocycles. The van der Waals surface area contributed by atoms with Crippen LogP contribution in [0.25, 0.3) is 10.9 Å². The SMILES string of the molecule is N#Cc1cccc(Cc2cc3cc[nH]c3cc2F)c1. The molecule has 19 heavy (non-hydrogen) atoms. The van der Waals surface area contributed by atoms with Crippen molar-refractivity contribution in [1.29, 1.82) is 5.26 Å². The fourth-order valence-corrected chi connectivity index (χ4v) is 2.23. The average Bonchev–Trinajstić information content (AvgIpc) is 2.86. The summed E-state index contributed by atoms with van der Waals surface area (Å²) >= 11 is 0. The van der Waals surface area contributed by atoms with Gasteiger partial charge >= 0.3 is 0 Å². The van der Waals surface area contributed by atoms with E-state index in [-0.39, 0.29) is 5.82 Å². The summed E-state index contributed by atoms with van der Waals surface area (Å²) in [5, 5.41) is 9.86. The highest BCUT2D eigenvalue weighted by molar-refractivity contribution is 5.80. The predicted molar refractivity (Wildman–Crippen MR) is 72.2 cm³/mol. The fraction of sp³-hybridized carbons (Fsp3) is 0.0625. The van der Waals surface area contributed by atoms with E-state index in [2.05, 4.69) is 11.1 Å². The number of aromatic nitrogens is 1. The van der Waals surface area contributed by atoms with Crippen molar-refractivity contribution in [3.05, 3.63) is 71.2 Å². The summed E-state index contributed by atoms with van der Waals surface area (Å²) in [6.45, 7) is 0. The third-order valence-electron chi connectivity index (χ3n) is 3.17. The van der Waals surface area contributed by atoms with Gasteiger partial charge in [0.05, 0.1) is 11.6 Å². The van der Waals surface area contributed by atoms with Crippen molar-refractivity contribution >= 4 is 10.9 Å². The average molecular weight is 250 g/mol. The number of benzene rings is 2. The first-order valence-electron chi connectivity index (χ1n) is 6.01. The summed E-state index contributed by atoms with van der Waals surface area (Å²) < 4.78 is 14.0. The Hall–Kier alpha value is -2.60. The van der Waals surface area contributed by atoms with Crippen LogP contribution in [0.3, 0.4) is 0 Å². The van der Waals surface area contributed by atoms with Crippen LogP contribution in [0.1, 0.15) is 16.7 Å². The fourth-order valence-electron chi connectivity index (χ4n) is 2.23. The van der Waals surface area contributed by atoms with Crippen LogP contribution in [0.4, 0.5) is 4.39 Å². The Kier molecular flexibility index (Phi) is 2.77. The van der Waals surface area contributed by atoms with Gasteiger partial charge in [-0.2, -0.15) is 5.26 Å². The molecular formula is C16H11FN2. The van der Waals surface area contributed by atoms with Crippen molar-refractivity contribution in [2.45, 2.75) is 6.42 Å². The van der Waals surface area contributed by atoms with Crippen LogP contribution in [-0.2, 0) is 6.42 Å². The van der Waals surface area contributed by atoms with Crippen molar-refractivity contribution in [3.8, 4) is 6.07 Å². The summed E-state index contributed by atoms with van der Waals surface area (Å²) in [6.07, 6.45) is 2.28. The topological polar surface area (TPSA) is 39.6 Å². The number of nitriles is 1. The Morgan fingerprint density at radius 1 is 1.16 bits per heavy atom. The number of aromatic amines is 1. The van der Waals surface area contributed by atoms with E-state index in [1.165, 1.54) is 6.07 Å². The Balaban J connectivity index is 2.00. The van der Waals surface area contributed by atoms with Gasteiger partial charge in [-0.25, -0.2) is 4.39 Å². The molecule has 3 aromatic rings. The summed E-state index contributed by atoms with van der Waals surface area (Å²) in [7, 11) is 0. The van der Waals surface area contributed by atoms with E-state index in [0.717, 1.165) is 16.5 Å². The smallest absolute Gasteiger partial charge is 0.128 e. The second-order valence-corrected chi connectivity index (χ2v) is 4.50. The Labute approximate surface area is 110 Å². The van der Waals surface area contributed by atoms with E-state index in [0.29, 0.717) is 17.5 Å². The van der Waals surface area contributed by atoms with E-state index in [4.69, 9.17) is 5.26 Å². The normalized spacial score (nSPS) is 10.5. The molecule has 0 saturated heterocycles. The molecule has 1 heterocycles. The maximum absolute atomic E-state index is 14.0. The molecule has 1 N–H and O–H groups in total. The molecule has 0 atom stereocenters. The van der Waals surface area contributed by atoms with Crippen LogP contribution in [0, 0.1) is 17.1 Å². The molecule has 0 fully saturated rings. The van der Waals surface area contributed by atoms with Crippen molar-refractivity contribution < 1.29 is 4.39 Å². The van der Waals surface area contributed by atoms with Gasteiger partial charge in [-0.3, -0.25) is 0 Å². The number of nitrogens with one attached hydrogen (secondary N) is 1. The first-order valence-corrected chi connectivity index (χ1v) is 6.01. The monoisotopic (exact) mass is 250 g/mol. The number of H-pyrrole nitrogens is 1. The Bertz CT molecular complexity index is 781. The molecule has 2 nitrogen and oxygen atoms in total. The van der Waals surface area contributed by atoms with Crippen molar-refractivity contribution in [1.82, 2.24) is 4.98 Å². The first kappa shape index (κ1) is 11.5. The number of nitrogens with zero attached hydrogens (tertiary/aromatic N) is 1. The molecule has 1 aromatic heterocycles. The van der Waals surface area contributed by atoms with Gasteiger partial charge in [0, 0.05) is 18.1 Å². The summed E-state index contributed by atoms with van der Waals surface area (Å²) in [6, 6.07) is 14.6. The highest BCUT2D eigenvalue weighted by Crippen LogP contribution is 2.21. The molecule has 0 amide bonds. The summed E-state index contributed by atoms with van der Waals surface area (Å²) in [4.78, 5) is 2.99. The zero-order chi connectivity index (χ0) is 13.2. The van der Waals surface area contributed by atoms with Gasteiger partial charge in [0.2, 0.25) is 0 Å². The van der Waals surface area contributed by atoms with Gasteiger partial charge < -0.3 is 4.98 Å². The zero-order valence-corrected chi connectivity index (χ0v) is 10.2. The van der Waals surface area contributed by atoms with Crippen LogP contribution in [-0.4, -0.2) is 4.98 Å². The number of rotatable bonds is 2. The molecule has 2 aromatic carbocycles. The van der Waals surface area contributed by atoms with Gasteiger partial charge in [-0.1, -0.05) is 12.1 Å². The summed E-state index contributed by atoms with van der Waals surface area (Å²) in [5.41, 5.74) is 2.97. The molecule has 0 unspecified atom stereocenters. The van der Waals surface area contributed by atoms with Gasteiger partial charge in [0.1, 0.15) is 5.82 Å². The number of fused-ring (bicyclic) bond motifs is 1. The number of hydrogen-bond acceptors (Lipinski definition) is 1. The van der Waals surface area contributed by atoms with Crippen molar-refractivity contribution in [2.75, 3.05) is 0 Å². The van der Waals surface area contributed by atoms with Gasteiger partial charge in [-0.05, 0) is 46.8 Å². The van der Waals surface area contributed by atoms with Gasteiger partial charge in [-0.15, -0.1) is 0 Å². The minimum absolute atomic E-state index is 0.225. The minimum Gasteiger partial charge on any atom is -0.361 e. The molecule has 3 rings (SSSR count). The Morgan fingerprint density at radius 2 is 2.05 bits per heavy atom. The van der Waals surface area contributed by atoms with Crippen molar-refractivity contribution in [3.63, 3.8) is 0 Å². The molecule has 0 aliphatic rings. The van der Waals surface area contributed by atoms with E-state index < -0.39 is 0 Å². The summed E-state index contributed by atoms with van der Waals surface area (Å²) in [5.74, 6) is -0.225. The second-order valence-electron chi connectivity index (χ2n) is 4.50. The molecule has 3 heteroatoms. The highest BCUT2D eigenvalue weighted by Gasteiger charge is 2.07. The van der Waals surface area contributed by atoms with Gasteiger partial charge in [0.15, 0.2) is 0 Å². The van der Waals surface area contributed by atoms with E-state index in [1.807, 2.05) is 24.3 Å². The lowest BCUT2D eigenvalue weighted by atomic mass is 10.0. The van der Waals surface area contributed by atoms with Crippen LogP contribution >= 0.6 is 0 Å². The first-order chi connectivity index (χ1) is 9.26. The lowest BCUT2D eigenvalue weighted by Crippen LogP contribution is -1.93. The van der Waals surface area contributed by atoms with Crippen molar-refractivity contribution in [2.24, 2.45) is 0 Å². The zero-order valence-electron chi connectivity index (χ0n) is 10.2. The maximum Gasteiger partial charge on any atom is 0.128 e. The molecule has 0 aliphatic heterocycles. The predicted octanol–water partition coefficient (Wildman–Crippen LogP) is 3.77. The third kappa shape index (κ3) is 2.21. The molecule has 0 bridgehead atoms. The largest absolute Gasteiger partial charge is 0.361 e. The van der Waals surface area contributed by atoms with Crippen LogP contribution in [0.5, 0.6) is 0 Å². The highest BCUT2D eigenvalue weighted by atomic mass is 19.1. The third-order valence-corrected chi connectivity index (χ3v) is 3.17. The Morgan fingerprint density at radius 3 is 2.89 bits per heavy atom. The van der Waals surface area contributed by atoms with Gasteiger partial charge in [0.25, 0.3) is 0 Å². The lowest BCUT2D eigenvalue weighted by molar-refractivity contribution is 0.616. The van der Waals surface area contributed by atoms with E-state index >= 15 is 0 Å². The quantitative estimate of drug-likeness (QED) is 0.738. The number of hydrogen-bond donors (Lipinski definition) is 1. The number of halogens is 1. The van der Waals surface area contributed by atoms with Crippen LogP contribution in [0.2, 0.25) is 0 Å². The standard InChI is InChI=1S/C16H11FN2/c17-15-9-16-13(4-5-19-16)8-14(15)7-11-2-1-3-12(6-11)10-18/h1-6,8-9,19H,7H2. The molecule has 0 aliphatic carbocycles. The minimum atomic E-state index is -0.225. The lowest BCUT2D eigenvalue weighted by Gasteiger charge is -2.05. The molecule has 0 spiro atoms.